The number of rotatable bonds is 2. The lowest BCUT2D eigenvalue weighted by Crippen LogP contribution is -2.54. The normalized spacial score (nSPS) is 13.5. The maximum Gasteiger partial charge on any atom is 0.430 e. The summed E-state index contributed by atoms with van der Waals surface area (Å²) < 4.78 is 160. The molecular weight excluding hydrogens is 724 g/mol. The van der Waals surface area contributed by atoms with Crippen molar-refractivity contribution >= 4 is 65.8 Å². The van der Waals surface area contributed by atoms with E-state index >= 15 is 0 Å². The molecule has 6 rings (SSSR count). The Kier molecular flexibility index (Phi) is 8.83. The highest BCUT2D eigenvalue weighted by Crippen LogP contribution is 2.54. The van der Waals surface area contributed by atoms with Gasteiger partial charge in [0.1, 0.15) is 0 Å². The molecule has 6 aromatic rings. The van der Waals surface area contributed by atoms with Gasteiger partial charge in [0.15, 0.2) is 0 Å². The van der Waals surface area contributed by atoms with Gasteiger partial charge in [0.25, 0.3) is 11.2 Å². The van der Waals surface area contributed by atoms with Crippen molar-refractivity contribution in [3.63, 3.8) is 0 Å². The number of nitrogen functional groups attached to an aromatic ring is 4. The lowest BCUT2D eigenvalue weighted by molar-refractivity contribution is -0.376. The highest BCUT2D eigenvalue weighted by molar-refractivity contribution is 6.06. The third kappa shape index (κ3) is 5.94. The second-order valence-corrected chi connectivity index (χ2v) is 11.8. The summed E-state index contributed by atoms with van der Waals surface area (Å²) in [6.45, 7) is 0. The quantitative estimate of drug-likeness (QED) is 0.0593. The average molecular weight is 749 g/mol. The molecule has 0 bridgehead atoms. The predicted molar refractivity (Wildman–Crippen MR) is 173 cm³/mol. The summed E-state index contributed by atoms with van der Waals surface area (Å²) in [4.78, 5) is 0. The van der Waals surface area contributed by atoms with Crippen LogP contribution in [0.2, 0.25) is 0 Å². The smallest absolute Gasteiger partial charge is 0.399 e. The van der Waals surface area contributed by atoms with Gasteiger partial charge in [0.2, 0.25) is 0 Å². The van der Waals surface area contributed by atoms with Gasteiger partial charge < -0.3 is 33.1 Å². The summed E-state index contributed by atoms with van der Waals surface area (Å²) in [6, 6.07) is 17.6. The molecule has 0 amide bonds. The Labute approximate surface area is 283 Å². The molecule has 18 heteroatoms. The Balaban J connectivity index is 0.000000201. The van der Waals surface area contributed by atoms with Crippen LogP contribution in [0.25, 0.3) is 43.1 Å². The predicted octanol–water partition coefficient (Wildman–Crippen LogP) is 8.94. The fourth-order valence-corrected chi connectivity index (χ4v) is 5.90. The molecule has 0 heterocycles. The van der Waals surface area contributed by atoms with Crippen molar-refractivity contribution in [1.82, 2.24) is 0 Å². The molecule has 0 saturated carbocycles. The van der Waals surface area contributed by atoms with E-state index in [0.29, 0.717) is 33.3 Å². The Morgan fingerprint density at radius 2 is 0.846 bits per heavy atom. The van der Waals surface area contributed by atoms with Crippen LogP contribution in [0.3, 0.4) is 0 Å². The molecule has 0 unspecified atom stereocenters. The van der Waals surface area contributed by atoms with Gasteiger partial charge in [-0.1, -0.05) is 30.3 Å². The van der Waals surface area contributed by atoms with Crippen LogP contribution in [0, 0.1) is 0 Å². The first kappa shape index (κ1) is 37.9. The summed E-state index contributed by atoms with van der Waals surface area (Å²) in [6.07, 6.45) is -24.0. The van der Waals surface area contributed by atoms with Crippen molar-refractivity contribution in [1.29, 1.82) is 0 Å². The first-order chi connectivity index (χ1) is 23.7. The maximum atomic E-state index is 13.3. The van der Waals surface area contributed by atoms with Gasteiger partial charge in [-0.25, -0.2) is 0 Å². The fraction of sp³-hybridized carbons (Fsp3) is 0.176. The van der Waals surface area contributed by atoms with Crippen LogP contribution < -0.4 is 22.9 Å². The van der Waals surface area contributed by atoms with E-state index in [1.807, 2.05) is 0 Å². The van der Waals surface area contributed by atoms with E-state index in [-0.39, 0.29) is 22.1 Å². The van der Waals surface area contributed by atoms with Gasteiger partial charge in [-0.3, -0.25) is 0 Å². The number of hydrogen-bond acceptors (Lipinski definition) is 6. The van der Waals surface area contributed by atoms with Gasteiger partial charge >= 0.3 is 24.7 Å². The van der Waals surface area contributed by atoms with Crippen LogP contribution in [0.1, 0.15) is 11.1 Å². The first-order valence-electron chi connectivity index (χ1n) is 14.5. The fourth-order valence-electron chi connectivity index (χ4n) is 5.90. The monoisotopic (exact) mass is 748 g/mol. The lowest BCUT2D eigenvalue weighted by atomic mass is 9.85. The molecule has 0 radical (unpaired) electrons. The Bertz CT molecular complexity index is 2320. The molecule has 0 aliphatic heterocycles. The van der Waals surface area contributed by atoms with Crippen molar-refractivity contribution in [3.05, 3.63) is 96.1 Å². The summed E-state index contributed by atoms with van der Waals surface area (Å²) in [7, 11) is 0. The Morgan fingerprint density at radius 1 is 0.385 bits per heavy atom. The molecule has 0 fully saturated rings. The van der Waals surface area contributed by atoms with Crippen molar-refractivity contribution in [3.8, 4) is 0 Å². The number of alkyl halides is 12. The minimum atomic E-state index is -6.03. The van der Waals surface area contributed by atoms with Crippen molar-refractivity contribution < 1.29 is 62.9 Å². The zero-order chi connectivity index (χ0) is 39.0. The summed E-state index contributed by atoms with van der Waals surface area (Å²) >= 11 is 0. The summed E-state index contributed by atoms with van der Waals surface area (Å²) in [5.41, 5.74) is 9.43. The number of hydrogen-bond donors (Lipinski definition) is 6. The average Bonchev–Trinajstić information content (AvgIpc) is 3.01. The molecule has 0 spiro atoms. The summed E-state index contributed by atoms with van der Waals surface area (Å²) in [5, 5.41) is 20.3. The molecule has 276 valence electrons. The van der Waals surface area contributed by atoms with Gasteiger partial charge in [0.05, 0.1) is 0 Å². The lowest BCUT2D eigenvalue weighted by Gasteiger charge is -2.34. The van der Waals surface area contributed by atoms with E-state index in [1.54, 1.807) is 12.1 Å². The van der Waals surface area contributed by atoms with Crippen LogP contribution in [-0.2, 0) is 11.2 Å². The van der Waals surface area contributed by atoms with E-state index < -0.39 is 63.5 Å². The number of benzene rings is 6. The number of fused-ring (bicyclic) bond motifs is 4. The van der Waals surface area contributed by atoms with Crippen LogP contribution >= 0.6 is 0 Å². The van der Waals surface area contributed by atoms with Crippen LogP contribution in [0.5, 0.6) is 0 Å². The van der Waals surface area contributed by atoms with E-state index in [4.69, 9.17) is 22.9 Å². The highest BCUT2D eigenvalue weighted by Gasteiger charge is 2.73. The maximum absolute atomic E-state index is 13.3. The van der Waals surface area contributed by atoms with Crippen molar-refractivity contribution in [2.45, 2.75) is 35.9 Å². The van der Waals surface area contributed by atoms with Gasteiger partial charge in [-0.05, 0) is 86.9 Å². The SMILES string of the molecule is Nc1ccc2cc3c(N)ccc(C(O)(C(F)(F)F)C(F)(F)F)c3cc2c1.Nc1ccc2cc3c(N)cccc3cc2c1C(O)(C(F)(F)F)C(F)(F)F. The first-order valence-corrected chi connectivity index (χ1v) is 14.5. The standard InChI is InChI=1S/2C17H12F6N2O/c18-16(19,20)15(26,17(21,22)23)13-3-4-14(25)12-6-8-1-2-10(24)5-9(8)7-11(12)13;18-16(19,20)15(26,17(21,22)23)14-11-7-8-2-1-3-12(24)10(8)6-9(11)4-5-13(14)25/h2*1-7,26H,24-25H2. The second-order valence-electron chi connectivity index (χ2n) is 11.8. The van der Waals surface area contributed by atoms with Crippen LogP contribution in [0.4, 0.5) is 75.4 Å². The molecule has 0 aliphatic rings. The Hall–Kier alpha value is -5.36. The molecule has 0 saturated heterocycles. The number of nitrogens with two attached hydrogens (primary N) is 4. The van der Waals surface area contributed by atoms with E-state index in [0.717, 1.165) is 24.3 Å². The second kappa shape index (κ2) is 12.1. The molecular formula is C34H24F12N4O2. The number of halogens is 12. The molecule has 6 aromatic carbocycles. The van der Waals surface area contributed by atoms with Gasteiger partial charge in [-0.2, -0.15) is 52.7 Å². The van der Waals surface area contributed by atoms with Gasteiger partial charge in [-0.15, -0.1) is 0 Å². The topological polar surface area (TPSA) is 145 Å². The Morgan fingerprint density at radius 3 is 1.42 bits per heavy atom. The van der Waals surface area contributed by atoms with Crippen LogP contribution in [-0.4, -0.2) is 34.9 Å². The summed E-state index contributed by atoms with van der Waals surface area (Å²) in [5.74, 6) is 0. The van der Waals surface area contributed by atoms with E-state index in [9.17, 15) is 62.9 Å². The largest absolute Gasteiger partial charge is 0.430 e. The van der Waals surface area contributed by atoms with Crippen LogP contribution in [0.15, 0.2) is 84.9 Å². The minimum Gasteiger partial charge on any atom is -0.399 e. The number of anilines is 4. The van der Waals surface area contributed by atoms with Crippen molar-refractivity contribution in [2.24, 2.45) is 0 Å². The molecule has 10 N–H and O–H groups in total. The van der Waals surface area contributed by atoms with E-state index in [2.05, 4.69) is 0 Å². The third-order valence-corrected chi connectivity index (χ3v) is 8.51. The molecule has 6 nitrogen and oxygen atoms in total. The third-order valence-electron chi connectivity index (χ3n) is 8.51. The highest BCUT2D eigenvalue weighted by atomic mass is 19.4. The molecule has 0 aromatic heterocycles. The molecule has 0 aliphatic carbocycles. The zero-order valence-corrected chi connectivity index (χ0v) is 25.8. The number of aliphatic hydroxyl groups is 2. The minimum absolute atomic E-state index is 0.0193. The molecule has 52 heavy (non-hydrogen) atoms. The van der Waals surface area contributed by atoms with Gasteiger partial charge in [0, 0.05) is 44.6 Å². The van der Waals surface area contributed by atoms with E-state index in [1.165, 1.54) is 42.5 Å². The zero-order valence-electron chi connectivity index (χ0n) is 25.8. The van der Waals surface area contributed by atoms with Crippen molar-refractivity contribution in [2.75, 3.05) is 22.9 Å². The molecule has 0 atom stereocenters.